The summed E-state index contributed by atoms with van der Waals surface area (Å²) in [5, 5.41) is 8.28. The summed E-state index contributed by atoms with van der Waals surface area (Å²) in [5.74, 6) is 0.804. The zero-order chi connectivity index (χ0) is 13.9. The SMILES string of the molecule is CC(C)(C)c1ccc(-c2nnc(SCC=O)o2)cc1. The van der Waals surface area contributed by atoms with Crippen LogP contribution in [0.2, 0.25) is 0 Å². The van der Waals surface area contributed by atoms with Gasteiger partial charge in [-0.25, -0.2) is 0 Å². The molecular formula is C14H16N2O2S. The van der Waals surface area contributed by atoms with E-state index in [1.807, 2.05) is 12.1 Å². The number of aromatic nitrogens is 2. The van der Waals surface area contributed by atoms with E-state index in [4.69, 9.17) is 4.42 Å². The smallest absolute Gasteiger partial charge is 0.277 e. The van der Waals surface area contributed by atoms with E-state index in [0.29, 0.717) is 16.9 Å². The molecule has 0 unspecified atom stereocenters. The first kappa shape index (κ1) is 13.8. The van der Waals surface area contributed by atoms with Crippen molar-refractivity contribution in [1.29, 1.82) is 0 Å². The third-order valence-corrected chi connectivity index (χ3v) is 3.39. The first-order chi connectivity index (χ1) is 9.00. The summed E-state index contributed by atoms with van der Waals surface area (Å²) in [6.07, 6.45) is 0.812. The van der Waals surface area contributed by atoms with Gasteiger partial charge in [-0.2, -0.15) is 0 Å². The molecule has 1 aromatic heterocycles. The number of nitrogens with zero attached hydrogens (tertiary/aromatic N) is 2. The van der Waals surface area contributed by atoms with Crippen LogP contribution < -0.4 is 0 Å². The van der Waals surface area contributed by atoms with E-state index in [9.17, 15) is 4.79 Å². The van der Waals surface area contributed by atoms with Crippen LogP contribution in [0.15, 0.2) is 33.9 Å². The second-order valence-electron chi connectivity index (χ2n) is 5.18. The summed E-state index contributed by atoms with van der Waals surface area (Å²) in [7, 11) is 0. The molecule has 0 radical (unpaired) electrons. The Kier molecular flexibility index (Phi) is 4.04. The first-order valence-corrected chi connectivity index (χ1v) is 7.00. The molecule has 0 atom stereocenters. The highest BCUT2D eigenvalue weighted by Gasteiger charge is 2.14. The van der Waals surface area contributed by atoms with Crippen LogP contribution in [-0.2, 0) is 10.2 Å². The molecule has 0 spiro atoms. The fourth-order valence-electron chi connectivity index (χ4n) is 1.60. The molecule has 2 rings (SSSR count). The molecule has 1 aromatic carbocycles. The van der Waals surface area contributed by atoms with Crippen LogP contribution in [0.1, 0.15) is 26.3 Å². The summed E-state index contributed by atoms with van der Waals surface area (Å²) in [4.78, 5) is 10.3. The lowest BCUT2D eigenvalue weighted by molar-refractivity contribution is -0.105. The third-order valence-electron chi connectivity index (χ3n) is 2.68. The largest absolute Gasteiger partial charge is 0.411 e. The van der Waals surface area contributed by atoms with Crippen molar-refractivity contribution < 1.29 is 9.21 Å². The van der Waals surface area contributed by atoms with E-state index in [-0.39, 0.29) is 5.41 Å². The van der Waals surface area contributed by atoms with E-state index in [2.05, 4.69) is 43.1 Å². The molecule has 1 heterocycles. The average molecular weight is 276 g/mol. The lowest BCUT2D eigenvalue weighted by Gasteiger charge is -2.18. The second kappa shape index (κ2) is 5.57. The van der Waals surface area contributed by atoms with Crippen LogP contribution in [0, 0.1) is 0 Å². The molecule has 0 amide bonds. The van der Waals surface area contributed by atoms with E-state index in [1.165, 1.54) is 17.3 Å². The minimum atomic E-state index is 0.123. The van der Waals surface area contributed by atoms with Crippen molar-refractivity contribution in [3.8, 4) is 11.5 Å². The molecule has 0 aliphatic carbocycles. The summed E-state index contributed by atoms with van der Waals surface area (Å²) in [6, 6.07) is 8.08. The third kappa shape index (κ3) is 3.44. The minimum absolute atomic E-state index is 0.123. The molecule has 0 fully saturated rings. The maximum absolute atomic E-state index is 10.3. The van der Waals surface area contributed by atoms with Gasteiger partial charge in [-0.3, -0.25) is 0 Å². The van der Waals surface area contributed by atoms with Crippen molar-refractivity contribution in [2.45, 2.75) is 31.4 Å². The van der Waals surface area contributed by atoms with Gasteiger partial charge >= 0.3 is 0 Å². The molecule has 4 nitrogen and oxygen atoms in total. The fourth-order valence-corrected chi connectivity index (χ4v) is 2.05. The molecule has 0 aliphatic heterocycles. The molecule has 0 bridgehead atoms. The van der Waals surface area contributed by atoms with Gasteiger partial charge in [0.15, 0.2) is 0 Å². The van der Waals surface area contributed by atoms with Crippen molar-refractivity contribution in [2.24, 2.45) is 0 Å². The zero-order valence-electron chi connectivity index (χ0n) is 11.2. The van der Waals surface area contributed by atoms with Crippen molar-refractivity contribution >= 4 is 18.0 Å². The second-order valence-corrected chi connectivity index (χ2v) is 6.15. The molecule has 0 N–H and O–H groups in total. The van der Waals surface area contributed by atoms with Gasteiger partial charge < -0.3 is 9.21 Å². The van der Waals surface area contributed by atoms with Crippen molar-refractivity contribution in [2.75, 3.05) is 5.75 Å². The van der Waals surface area contributed by atoms with E-state index < -0.39 is 0 Å². The Morgan fingerprint density at radius 3 is 2.47 bits per heavy atom. The van der Waals surface area contributed by atoms with Crippen LogP contribution in [0.25, 0.3) is 11.5 Å². The normalized spacial score (nSPS) is 11.5. The predicted octanol–water partition coefficient (Wildman–Crippen LogP) is 3.33. The van der Waals surface area contributed by atoms with Gasteiger partial charge in [-0.1, -0.05) is 44.7 Å². The van der Waals surface area contributed by atoms with Crippen LogP contribution in [-0.4, -0.2) is 22.2 Å². The Balaban J connectivity index is 2.18. The Labute approximate surface area is 116 Å². The monoisotopic (exact) mass is 276 g/mol. The number of hydrogen-bond acceptors (Lipinski definition) is 5. The standard InChI is InChI=1S/C14H16N2O2S/c1-14(2,3)11-6-4-10(5-7-11)12-15-16-13(18-12)19-9-8-17/h4-8H,9H2,1-3H3. The van der Waals surface area contributed by atoms with Crippen molar-refractivity contribution in [3.63, 3.8) is 0 Å². The Bertz CT molecular complexity index is 556. The van der Waals surface area contributed by atoms with Gasteiger partial charge in [0.05, 0.1) is 5.75 Å². The molecule has 0 saturated carbocycles. The highest BCUT2D eigenvalue weighted by Crippen LogP contribution is 2.26. The molecule has 5 heteroatoms. The molecule has 2 aromatic rings. The van der Waals surface area contributed by atoms with E-state index >= 15 is 0 Å². The number of rotatable bonds is 4. The molecule has 0 aliphatic rings. The number of hydrogen-bond donors (Lipinski definition) is 0. The predicted molar refractivity (Wildman–Crippen MR) is 75.2 cm³/mol. The van der Waals surface area contributed by atoms with Gasteiger partial charge in [0.25, 0.3) is 5.22 Å². The molecule has 19 heavy (non-hydrogen) atoms. The highest BCUT2D eigenvalue weighted by molar-refractivity contribution is 7.99. The van der Waals surface area contributed by atoms with Crippen LogP contribution in [0.5, 0.6) is 0 Å². The molecular weight excluding hydrogens is 260 g/mol. The number of carbonyl (C=O) groups excluding carboxylic acids is 1. The van der Waals surface area contributed by atoms with Gasteiger partial charge in [0.2, 0.25) is 5.89 Å². The summed E-state index contributed by atoms with van der Waals surface area (Å²) in [5.41, 5.74) is 2.27. The van der Waals surface area contributed by atoms with Crippen LogP contribution in [0.3, 0.4) is 0 Å². The molecule has 100 valence electrons. The Morgan fingerprint density at radius 1 is 1.21 bits per heavy atom. The van der Waals surface area contributed by atoms with Crippen molar-refractivity contribution in [1.82, 2.24) is 10.2 Å². The van der Waals surface area contributed by atoms with Gasteiger partial charge in [0.1, 0.15) is 6.29 Å². The summed E-state index contributed by atoms with van der Waals surface area (Å²) < 4.78 is 5.48. The maximum Gasteiger partial charge on any atom is 0.277 e. The van der Waals surface area contributed by atoms with Gasteiger partial charge in [0, 0.05) is 5.56 Å². The topological polar surface area (TPSA) is 56.0 Å². The lowest BCUT2D eigenvalue weighted by atomic mass is 9.87. The van der Waals surface area contributed by atoms with E-state index in [1.54, 1.807) is 0 Å². The average Bonchev–Trinajstić information content (AvgIpc) is 2.84. The number of carbonyl (C=O) groups is 1. The lowest BCUT2D eigenvalue weighted by Crippen LogP contribution is -2.10. The fraction of sp³-hybridized carbons (Fsp3) is 0.357. The quantitative estimate of drug-likeness (QED) is 0.633. The highest BCUT2D eigenvalue weighted by atomic mass is 32.2. The van der Waals surface area contributed by atoms with Gasteiger partial charge in [-0.15, -0.1) is 10.2 Å². The van der Waals surface area contributed by atoms with Crippen molar-refractivity contribution in [3.05, 3.63) is 29.8 Å². The minimum Gasteiger partial charge on any atom is -0.411 e. The molecule has 0 saturated heterocycles. The van der Waals surface area contributed by atoms with Gasteiger partial charge in [-0.05, 0) is 23.1 Å². The summed E-state index contributed by atoms with van der Waals surface area (Å²) in [6.45, 7) is 6.51. The zero-order valence-corrected chi connectivity index (χ0v) is 12.0. The number of aldehydes is 1. The Morgan fingerprint density at radius 2 is 1.89 bits per heavy atom. The van der Waals surface area contributed by atoms with E-state index in [0.717, 1.165) is 11.8 Å². The number of benzene rings is 1. The van der Waals surface area contributed by atoms with Crippen LogP contribution in [0.4, 0.5) is 0 Å². The number of thioether (sulfide) groups is 1. The maximum atomic E-state index is 10.3. The van der Waals surface area contributed by atoms with Crippen LogP contribution >= 0.6 is 11.8 Å². The Hall–Kier alpha value is -1.62. The summed E-state index contributed by atoms with van der Waals surface area (Å²) >= 11 is 1.23. The first-order valence-electron chi connectivity index (χ1n) is 6.01.